The lowest BCUT2D eigenvalue weighted by atomic mass is 10.1. The van der Waals surface area contributed by atoms with Crippen LogP contribution >= 0.6 is 0 Å². The Labute approximate surface area is 95.8 Å². The molecule has 0 radical (unpaired) electrons. The van der Waals surface area contributed by atoms with Crippen molar-refractivity contribution in [2.24, 2.45) is 0 Å². The summed E-state index contributed by atoms with van der Waals surface area (Å²) in [7, 11) is 0. The van der Waals surface area contributed by atoms with Crippen LogP contribution in [0.4, 0.5) is 0 Å². The van der Waals surface area contributed by atoms with Crippen molar-refractivity contribution < 1.29 is 9.90 Å². The van der Waals surface area contributed by atoms with Crippen LogP contribution < -0.4 is 5.32 Å². The second-order valence-corrected chi connectivity index (χ2v) is 3.62. The molecular formula is C13H17NO2. The Balaban J connectivity index is 2.21. The number of aliphatic carboxylic acids is 1. The van der Waals surface area contributed by atoms with Gasteiger partial charge in [-0.05, 0) is 24.1 Å². The predicted molar refractivity (Wildman–Crippen MR) is 65.1 cm³/mol. The lowest BCUT2D eigenvalue weighted by molar-refractivity contribution is -0.137. The molecule has 0 saturated carbocycles. The van der Waals surface area contributed by atoms with Crippen molar-refractivity contribution in [3.8, 4) is 0 Å². The number of carboxylic acid groups (broad SMARTS) is 1. The van der Waals surface area contributed by atoms with Gasteiger partial charge in [-0.1, -0.05) is 36.9 Å². The number of nitrogens with one attached hydrogen (secondary N) is 1. The molecule has 86 valence electrons. The molecular weight excluding hydrogens is 202 g/mol. The van der Waals surface area contributed by atoms with Crippen LogP contribution in [0.3, 0.4) is 0 Å². The lowest BCUT2D eigenvalue weighted by Crippen LogP contribution is -2.15. The van der Waals surface area contributed by atoms with Gasteiger partial charge >= 0.3 is 5.97 Å². The minimum Gasteiger partial charge on any atom is -0.481 e. The van der Waals surface area contributed by atoms with Crippen LogP contribution in [0.5, 0.6) is 0 Å². The summed E-state index contributed by atoms with van der Waals surface area (Å²) in [5.74, 6) is -0.739. The van der Waals surface area contributed by atoms with Crippen LogP contribution in [0.2, 0.25) is 0 Å². The zero-order valence-electron chi connectivity index (χ0n) is 9.28. The average molecular weight is 219 g/mol. The second-order valence-electron chi connectivity index (χ2n) is 3.62. The van der Waals surface area contributed by atoms with Gasteiger partial charge in [0.05, 0.1) is 0 Å². The molecule has 0 aromatic heterocycles. The van der Waals surface area contributed by atoms with Gasteiger partial charge in [-0.2, -0.15) is 0 Å². The highest BCUT2D eigenvalue weighted by Crippen LogP contribution is 2.04. The van der Waals surface area contributed by atoms with Crippen LogP contribution in [-0.2, 0) is 11.3 Å². The molecule has 0 aliphatic heterocycles. The first-order valence-electron chi connectivity index (χ1n) is 5.36. The topological polar surface area (TPSA) is 49.3 Å². The highest BCUT2D eigenvalue weighted by molar-refractivity contribution is 5.66. The molecule has 0 aliphatic carbocycles. The third-order valence-corrected chi connectivity index (χ3v) is 2.29. The second kappa shape index (κ2) is 6.80. The molecule has 2 N–H and O–H groups in total. The minimum absolute atomic E-state index is 0.225. The molecule has 0 bridgehead atoms. The fourth-order valence-electron chi connectivity index (χ4n) is 1.37. The number of benzene rings is 1. The number of hydrogen-bond donors (Lipinski definition) is 2. The van der Waals surface area contributed by atoms with Gasteiger partial charge in [-0.15, -0.1) is 0 Å². The maximum absolute atomic E-state index is 10.3. The summed E-state index contributed by atoms with van der Waals surface area (Å²) in [5, 5.41) is 11.7. The zero-order valence-corrected chi connectivity index (χ0v) is 9.28. The lowest BCUT2D eigenvalue weighted by Gasteiger charge is -2.04. The predicted octanol–water partition coefficient (Wildman–Crippen LogP) is 2.28. The molecule has 3 heteroatoms. The van der Waals surface area contributed by atoms with Crippen molar-refractivity contribution in [2.45, 2.75) is 19.4 Å². The third-order valence-electron chi connectivity index (χ3n) is 2.29. The van der Waals surface area contributed by atoms with E-state index in [-0.39, 0.29) is 6.42 Å². The highest BCUT2D eigenvalue weighted by Gasteiger charge is 1.96. The summed E-state index contributed by atoms with van der Waals surface area (Å²) >= 11 is 0. The first-order valence-corrected chi connectivity index (χ1v) is 5.36. The van der Waals surface area contributed by atoms with Crippen LogP contribution in [0, 0.1) is 0 Å². The summed E-state index contributed by atoms with van der Waals surface area (Å²) in [6.07, 6.45) is 2.70. The minimum atomic E-state index is -0.739. The van der Waals surface area contributed by atoms with Crippen molar-refractivity contribution in [1.82, 2.24) is 5.32 Å². The molecule has 0 spiro atoms. The van der Waals surface area contributed by atoms with Gasteiger partial charge in [0.2, 0.25) is 0 Å². The Morgan fingerprint density at radius 3 is 2.62 bits per heavy atom. The molecule has 0 amide bonds. The molecule has 0 heterocycles. The average Bonchev–Trinajstić information content (AvgIpc) is 2.29. The summed E-state index contributed by atoms with van der Waals surface area (Å²) in [5.41, 5.74) is 2.30. The van der Waals surface area contributed by atoms with Crippen molar-refractivity contribution in [2.75, 3.05) is 6.54 Å². The first kappa shape index (κ1) is 12.5. The molecule has 0 aliphatic rings. The zero-order chi connectivity index (χ0) is 11.8. The number of rotatable bonds is 7. The van der Waals surface area contributed by atoms with Crippen LogP contribution in [0.1, 0.15) is 24.0 Å². The van der Waals surface area contributed by atoms with E-state index in [2.05, 4.69) is 11.9 Å². The fourth-order valence-corrected chi connectivity index (χ4v) is 1.37. The van der Waals surface area contributed by atoms with E-state index in [0.717, 1.165) is 18.7 Å². The fraction of sp³-hybridized carbons (Fsp3) is 0.308. The van der Waals surface area contributed by atoms with E-state index in [0.29, 0.717) is 6.42 Å². The van der Waals surface area contributed by atoms with E-state index >= 15 is 0 Å². The number of carboxylic acids is 1. The van der Waals surface area contributed by atoms with Gasteiger partial charge in [0, 0.05) is 13.0 Å². The quantitative estimate of drug-likeness (QED) is 0.692. The molecule has 1 aromatic rings. The van der Waals surface area contributed by atoms with Crippen molar-refractivity contribution >= 4 is 12.0 Å². The van der Waals surface area contributed by atoms with Gasteiger partial charge in [0.25, 0.3) is 0 Å². The number of carbonyl (C=O) groups is 1. The summed E-state index contributed by atoms with van der Waals surface area (Å²) in [6, 6.07) is 8.12. The van der Waals surface area contributed by atoms with E-state index in [1.807, 2.05) is 30.3 Å². The van der Waals surface area contributed by atoms with Crippen LogP contribution in [-0.4, -0.2) is 17.6 Å². The Bertz CT molecular complexity index is 343. The standard InChI is InChI=1S/C13H17NO2/c1-2-11-5-7-12(8-6-11)10-14-9-3-4-13(15)16/h2,5-8,14H,1,3-4,9-10H2,(H,15,16). The Morgan fingerprint density at radius 1 is 1.38 bits per heavy atom. The first-order chi connectivity index (χ1) is 7.72. The Morgan fingerprint density at radius 2 is 2.06 bits per heavy atom. The number of hydrogen-bond acceptors (Lipinski definition) is 2. The van der Waals surface area contributed by atoms with Crippen molar-refractivity contribution in [3.05, 3.63) is 42.0 Å². The van der Waals surface area contributed by atoms with Gasteiger partial charge in [0.15, 0.2) is 0 Å². The van der Waals surface area contributed by atoms with E-state index < -0.39 is 5.97 Å². The molecule has 0 atom stereocenters. The van der Waals surface area contributed by atoms with Gasteiger partial charge < -0.3 is 10.4 Å². The molecule has 1 rings (SSSR count). The maximum atomic E-state index is 10.3. The Kier molecular flexibility index (Phi) is 5.29. The maximum Gasteiger partial charge on any atom is 0.303 e. The van der Waals surface area contributed by atoms with E-state index in [1.54, 1.807) is 0 Å². The monoisotopic (exact) mass is 219 g/mol. The molecule has 0 saturated heterocycles. The normalized spacial score (nSPS) is 10.0. The van der Waals surface area contributed by atoms with Gasteiger partial charge in [-0.3, -0.25) is 4.79 Å². The summed E-state index contributed by atoms with van der Waals surface area (Å²) in [6.45, 7) is 5.20. The summed E-state index contributed by atoms with van der Waals surface area (Å²) in [4.78, 5) is 10.3. The molecule has 0 fully saturated rings. The van der Waals surface area contributed by atoms with Crippen LogP contribution in [0.15, 0.2) is 30.8 Å². The molecule has 0 unspecified atom stereocenters. The smallest absolute Gasteiger partial charge is 0.303 e. The SMILES string of the molecule is C=Cc1ccc(CNCCCC(=O)O)cc1. The van der Waals surface area contributed by atoms with E-state index in [1.165, 1.54) is 5.56 Å². The third kappa shape index (κ3) is 4.75. The van der Waals surface area contributed by atoms with Gasteiger partial charge in [-0.25, -0.2) is 0 Å². The van der Waals surface area contributed by atoms with E-state index in [9.17, 15) is 4.79 Å². The molecule has 3 nitrogen and oxygen atoms in total. The molecule has 1 aromatic carbocycles. The largest absolute Gasteiger partial charge is 0.481 e. The van der Waals surface area contributed by atoms with Crippen LogP contribution in [0.25, 0.3) is 6.08 Å². The van der Waals surface area contributed by atoms with E-state index in [4.69, 9.17) is 5.11 Å². The van der Waals surface area contributed by atoms with Gasteiger partial charge in [0.1, 0.15) is 0 Å². The summed E-state index contributed by atoms with van der Waals surface area (Å²) < 4.78 is 0. The van der Waals surface area contributed by atoms with Crippen molar-refractivity contribution in [3.63, 3.8) is 0 Å². The van der Waals surface area contributed by atoms with Crippen molar-refractivity contribution in [1.29, 1.82) is 0 Å². The molecule has 16 heavy (non-hydrogen) atoms. The Hall–Kier alpha value is -1.61. The highest BCUT2D eigenvalue weighted by atomic mass is 16.4.